The van der Waals surface area contributed by atoms with Crippen molar-refractivity contribution in [2.24, 2.45) is 7.05 Å². The third-order valence-electron chi connectivity index (χ3n) is 4.63. The number of ether oxygens (including phenoxy) is 1. The topological polar surface area (TPSA) is 108 Å². The van der Waals surface area contributed by atoms with E-state index in [9.17, 15) is 14.4 Å². The van der Waals surface area contributed by atoms with E-state index in [0.717, 1.165) is 11.3 Å². The smallest absolute Gasteiger partial charge is 0.341 e. The number of amides is 1. The van der Waals surface area contributed by atoms with Crippen LogP contribution in [-0.2, 0) is 23.1 Å². The fourth-order valence-electron chi connectivity index (χ4n) is 3.13. The first-order valence-electron chi connectivity index (χ1n) is 9.02. The number of hydrogen-bond acceptors (Lipinski definition) is 7. The summed E-state index contributed by atoms with van der Waals surface area (Å²) < 4.78 is 7.56. The van der Waals surface area contributed by atoms with Crippen LogP contribution in [0.5, 0.6) is 0 Å². The van der Waals surface area contributed by atoms with Crippen LogP contribution in [-0.4, -0.2) is 38.3 Å². The zero-order valence-corrected chi connectivity index (χ0v) is 18.0. The number of fused-ring (bicyclic) bond motifs is 1. The Balaban J connectivity index is 1.64. The van der Waals surface area contributed by atoms with E-state index in [2.05, 4.69) is 15.4 Å². The van der Waals surface area contributed by atoms with Crippen molar-refractivity contribution in [1.82, 2.24) is 19.3 Å². The molecule has 0 aliphatic carbocycles. The maximum Gasteiger partial charge on any atom is 0.341 e. The molecule has 0 saturated heterocycles. The largest absolute Gasteiger partial charge is 0.465 e. The van der Waals surface area contributed by atoms with Gasteiger partial charge in [0.1, 0.15) is 28.8 Å². The molecule has 4 rings (SSSR count). The number of anilines is 1. The lowest BCUT2D eigenvalue weighted by molar-refractivity contribution is -0.116. The number of rotatable bonds is 5. The van der Waals surface area contributed by atoms with E-state index < -0.39 is 11.9 Å². The van der Waals surface area contributed by atoms with Gasteiger partial charge in [0.15, 0.2) is 5.65 Å². The number of carbonyl (C=O) groups is 2. The van der Waals surface area contributed by atoms with Crippen LogP contribution < -0.4 is 10.9 Å². The predicted molar refractivity (Wildman–Crippen MR) is 118 cm³/mol. The van der Waals surface area contributed by atoms with Crippen molar-refractivity contribution in [3.05, 3.63) is 63.1 Å². The van der Waals surface area contributed by atoms with Crippen molar-refractivity contribution in [3.8, 4) is 11.1 Å². The summed E-state index contributed by atoms with van der Waals surface area (Å²) in [7, 11) is 2.93. The standard InChI is InChI=1S/C20H16ClN5O4S/c1-25-17-12(7-23-25)19(28)26(10-22-17)8-15(27)24-18-16(20(29)30-2)13(9-31-18)11-5-3-4-6-14(11)21/h3-7,9-10H,8H2,1-2H3,(H,24,27). The van der Waals surface area contributed by atoms with Gasteiger partial charge in [0, 0.05) is 28.6 Å². The van der Waals surface area contributed by atoms with E-state index in [0.29, 0.717) is 32.2 Å². The van der Waals surface area contributed by atoms with E-state index >= 15 is 0 Å². The minimum absolute atomic E-state index is 0.196. The normalized spacial score (nSPS) is 10.9. The molecule has 0 aliphatic heterocycles. The molecule has 3 heterocycles. The van der Waals surface area contributed by atoms with Gasteiger partial charge in [-0.15, -0.1) is 11.3 Å². The number of halogens is 1. The second kappa shape index (κ2) is 8.32. The summed E-state index contributed by atoms with van der Waals surface area (Å²) in [5.41, 5.74) is 1.43. The molecule has 0 spiro atoms. The van der Waals surface area contributed by atoms with E-state index in [4.69, 9.17) is 16.3 Å². The van der Waals surface area contributed by atoms with Crippen molar-refractivity contribution in [2.75, 3.05) is 12.4 Å². The lowest BCUT2D eigenvalue weighted by atomic mass is 10.0. The minimum Gasteiger partial charge on any atom is -0.465 e. The van der Waals surface area contributed by atoms with Gasteiger partial charge in [0.2, 0.25) is 5.91 Å². The van der Waals surface area contributed by atoms with E-state index in [1.54, 1.807) is 36.7 Å². The highest BCUT2D eigenvalue weighted by Crippen LogP contribution is 2.39. The van der Waals surface area contributed by atoms with E-state index in [-0.39, 0.29) is 17.7 Å². The Hall–Kier alpha value is -3.50. The molecule has 31 heavy (non-hydrogen) atoms. The van der Waals surface area contributed by atoms with Crippen molar-refractivity contribution < 1.29 is 14.3 Å². The molecule has 0 aliphatic rings. The highest BCUT2D eigenvalue weighted by Gasteiger charge is 2.23. The number of nitrogens with zero attached hydrogens (tertiary/aromatic N) is 4. The average Bonchev–Trinajstić information content (AvgIpc) is 3.34. The summed E-state index contributed by atoms with van der Waals surface area (Å²) in [5.74, 6) is -1.10. The summed E-state index contributed by atoms with van der Waals surface area (Å²) >= 11 is 7.45. The van der Waals surface area contributed by atoms with Gasteiger partial charge in [-0.25, -0.2) is 9.78 Å². The van der Waals surface area contributed by atoms with Gasteiger partial charge in [0.25, 0.3) is 5.56 Å². The van der Waals surface area contributed by atoms with Crippen LogP contribution in [0.2, 0.25) is 5.02 Å². The first-order chi connectivity index (χ1) is 14.9. The number of esters is 1. The lowest BCUT2D eigenvalue weighted by Gasteiger charge is -2.09. The van der Waals surface area contributed by atoms with Crippen molar-refractivity contribution in [2.45, 2.75) is 6.54 Å². The molecule has 0 bridgehead atoms. The lowest BCUT2D eigenvalue weighted by Crippen LogP contribution is -2.28. The van der Waals surface area contributed by atoms with Gasteiger partial charge in [-0.05, 0) is 6.07 Å². The Morgan fingerprint density at radius 2 is 2.03 bits per heavy atom. The first kappa shape index (κ1) is 20.8. The molecule has 0 atom stereocenters. The first-order valence-corrected chi connectivity index (χ1v) is 10.3. The number of thiophene rings is 1. The molecule has 0 saturated carbocycles. The number of carbonyl (C=O) groups excluding carboxylic acids is 2. The maximum atomic E-state index is 12.7. The van der Waals surface area contributed by atoms with Gasteiger partial charge in [-0.3, -0.25) is 18.8 Å². The molecule has 0 unspecified atom stereocenters. The number of benzene rings is 1. The molecule has 1 aromatic carbocycles. The van der Waals surface area contributed by atoms with Crippen molar-refractivity contribution in [3.63, 3.8) is 0 Å². The molecule has 1 amide bonds. The number of hydrogen-bond donors (Lipinski definition) is 1. The summed E-state index contributed by atoms with van der Waals surface area (Å²) in [6, 6.07) is 7.06. The molecular formula is C20H16ClN5O4S. The summed E-state index contributed by atoms with van der Waals surface area (Å²) in [5, 5.41) is 9.49. The van der Waals surface area contributed by atoms with Crippen LogP contribution in [0.4, 0.5) is 5.00 Å². The minimum atomic E-state index is -0.609. The molecule has 4 aromatic rings. The average molecular weight is 458 g/mol. The second-order valence-corrected chi connectivity index (χ2v) is 7.84. The second-order valence-electron chi connectivity index (χ2n) is 6.56. The quantitative estimate of drug-likeness (QED) is 0.461. The van der Waals surface area contributed by atoms with Crippen LogP contribution in [0.3, 0.4) is 0 Å². The van der Waals surface area contributed by atoms with Crippen LogP contribution in [0, 0.1) is 0 Å². The fraction of sp³-hybridized carbons (Fsp3) is 0.150. The Morgan fingerprint density at radius 3 is 2.77 bits per heavy atom. The molecule has 0 radical (unpaired) electrons. The third kappa shape index (κ3) is 3.82. The van der Waals surface area contributed by atoms with Crippen LogP contribution >= 0.6 is 22.9 Å². The number of aromatic nitrogens is 4. The molecule has 1 N–H and O–H groups in total. The predicted octanol–water partition coefficient (Wildman–Crippen LogP) is 2.94. The van der Waals surface area contributed by atoms with Gasteiger partial charge in [-0.1, -0.05) is 29.8 Å². The molecule has 3 aromatic heterocycles. The third-order valence-corrected chi connectivity index (χ3v) is 5.85. The summed E-state index contributed by atoms with van der Waals surface area (Å²) in [6.07, 6.45) is 2.69. The summed E-state index contributed by atoms with van der Waals surface area (Å²) in [6.45, 7) is -0.281. The molecular weight excluding hydrogens is 442 g/mol. The van der Waals surface area contributed by atoms with Gasteiger partial charge < -0.3 is 10.1 Å². The maximum absolute atomic E-state index is 12.7. The van der Waals surface area contributed by atoms with Crippen LogP contribution in [0.1, 0.15) is 10.4 Å². The Kier molecular flexibility index (Phi) is 5.57. The molecule has 0 fully saturated rings. The van der Waals surface area contributed by atoms with Crippen molar-refractivity contribution in [1.29, 1.82) is 0 Å². The zero-order chi connectivity index (χ0) is 22.1. The molecule has 9 nitrogen and oxygen atoms in total. The Labute approximate surface area is 184 Å². The molecule has 158 valence electrons. The van der Waals surface area contributed by atoms with Crippen LogP contribution in [0.25, 0.3) is 22.2 Å². The van der Waals surface area contributed by atoms with Crippen LogP contribution in [0.15, 0.2) is 47.0 Å². The Bertz CT molecular complexity index is 1370. The monoisotopic (exact) mass is 457 g/mol. The SMILES string of the molecule is COC(=O)c1c(-c2ccccc2Cl)csc1NC(=O)Cn1cnc2c(cnn2C)c1=O. The number of nitrogens with one attached hydrogen (secondary N) is 1. The molecule has 11 heteroatoms. The highest BCUT2D eigenvalue weighted by molar-refractivity contribution is 7.15. The highest BCUT2D eigenvalue weighted by atomic mass is 35.5. The van der Waals surface area contributed by atoms with Gasteiger partial charge in [0.05, 0.1) is 13.3 Å². The van der Waals surface area contributed by atoms with Crippen molar-refractivity contribution >= 4 is 50.8 Å². The van der Waals surface area contributed by atoms with Gasteiger partial charge in [-0.2, -0.15) is 5.10 Å². The zero-order valence-electron chi connectivity index (χ0n) is 16.5. The number of methoxy groups -OCH3 is 1. The Morgan fingerprint density at radius 1 is 1.26 bits per heavy atom. The fourth-order valence-corrected chi connectivity index (χ4v) is 4.33. The summed E-state index contributed by atoms with van der Waals surface area (Å²) in [4.78, 5) is 41.9. The van der Waals surface area contributed by atoms with E-state index in [1.807, 2.05) is 0 Å². The van der Waals surface area contributed by atoms with E-state index in [1.165, 1.54) is 28.9 Å². The van der Waals surface area contributed by atoms with Gasteiger partial charge >= 0.3 is 5.97 Å². The number of aryl methyl sites for hydroxylation is 1.